The predicted octanol–water partition coefficient (Wildman–Crippen LogP) is 3.35. The second-order valence-corrected chi connectivity index (χ2v) is 7.19. The predicted molar refractivity (Wildman–Crippen MR) is 98.8 cm³/mol. The number of thioether (sulfide) groups is 1. The molecule has 0 radical (unpaired) electrons. The molecule has 0 saturated carbocycles. The van der Waals surface area contributed by atoms with Gasteiger partial charge in [-0.3, -0.25) is 4.99 Å². The van der Waals surface area contributed by atoms with Gasteiger partial charge in [-0.05, 0) is 6.07 Å². The van der Waals surface area contributed by atoms with Crippen molar-refractivity contribution < 1.29 is 13.5 Å². The minimum absolute atomic E-state index is 0. The molecule has 1 saturated heterocycles. The Morgan fingerprint density at radius 3 is 2.73 bits per heavy atom. The van der Waals surface area contributed by atoms with Crippen molar-refractivity contribution in [3.8, 4) is 11.1 Å². The van der Waals surface area contributed by atoms with Gasteiger partial charge in [0.1, 0.15) is 18.0 Å². The summed E-state index contributed by atoms with van der Waals surface area (Å²) in [4.78, 5) is 12.4. The van der Waals surface area contributed by atoms with Crippen molar-refractivity contribution in [1.82, 2.24) is 9.97 Å². The summed E-state index contributed by atoms with van der Waals surface area (Å²) in [6.45, 7) is 0.933. The van der Waals surface area contributed by atoms with E-state index in [-0.39, 0.29) is 18.9 Å². The summed E-state index contributed by atoms with van der Waals surface area (Å²) in [5.41, 5.74) is 6.22. The number of hydrogen-bond donors (Lipinski definition) is 1. The molecule has 2 aliphatic heterocycles. The van der Waals surface area contributed by atoms with Crippen LogP contribution in [-0.2, 0) is 10.3 Å². The van der Waals surface area contributed by atoms with E-state index in [2.05, 4.69) is 15.0 Å². The summed E-state index contributed by atoms with van der Waals surface area (Å²) in [7, 11) is 0. The third-order valence-corrected chi connectivity index (χ3v) is 5.71. The van der Waals surface area contributed by atoms with E-state index in [0.717, 1.165) is 6.07 Å². The van der Waals surface area contributed by atoms with Gasteiger partial charge >= 0.3 is 0 Å². The minimum atomic E-state index is -0.824. The molecule has 2 aromatic rings. The molecule has 0 unspecified atom stereocenters. The SMILES string of the molecule is C.NC1=N[C@@]2(c3cc(-c4cncnc4)c(F)cc3F)CCOC[C@H]2CS1. The lowest BCUT2D eigenvalue weighted by molar-refractivity contribution is 0.00883. The fourth-order valence-electron chi connectivity index (χ4n) is 3.50. The first-order valence-electron chi connectivity index (χ1n) is 7.91. The number of rotatable bonds is 2. The number of aromatic nitrogens is 2. The maximum Gasteiger partial charge on any atom is 0.154 e. The lowest BCUT2D eigenvalue weighted by Crippen LogP contribution is -2.47. The number of amidine groups is 1. The molecule has 0 spiro atoms. The molecule has 2 N–H and O–H groups in total. The Kier molecular flexibility index (Phi) is 5.24. The van der Waals surface area contributed by atoms with Crippen molar-refractivity contribution in [1.29, 1.82) is 0 Å². The van der Waals surface area contributed by atoms with Crippen LogP contribution in [0.15, 0.2) is 35.8 Å². The Hall–Kier alpha value is -2.06. The molecule has 1 aromatic carbocycles. The van der Waals surface area contributed by atoms with Gasteiger partial charge in [0, 0.05) is 59.8 Å². The van der Waals surface area contributed by atoms with Crippen LogP contribution in [0.1, 0.15) is 19.4 Å². The van der Waals surface area contributed by atoms with Crippen LogP contribution in [0.3, 0.4) is 0 Å². The molecule has 1 aromatic heterocycles. The van der Waals surface area contributed by atoms with Crippen LogP contribution in [0.4, 0.5) is 8.78 Å². The van der Waals surface area contributed by atoms with E-state index in [9.17, 15) is 8.78 Å². The summed E-state index contributed by atoms with van der Waals surface area (Å²) >= 11 is 1.44. The summed E-state index contributed by atoms with van der Waals surface area (Å²) in [5, 5.41) is 0.423. The molecule has 0 aliphatic carbocycles. The van der Waals surface area contributed by atoms with Crippen LogP contribution >= 0.6 is 11.8 Å². The second kappa shape index (κ2) is 7.28. The number of nitrogens with two attached hydrogens (primary N) is 1. The highest BCUT2D eigenvalue weighted by atomic mass is 32.2. The number of benzene rings is 1. The topological polar surface area (TPSA) is 73.4 Å². The van der Waals surface area contributed by atoms with Crippen molar-refractivity contribution >= 4 is 16.9 Å². The molecule has 1 fully saturated rings. The lowest BCUT2D eigenvalue weighted by atomic mass is 9.75. The van der Waals surface area contributed by atoms with Gasteiger partial charge in [0.05, 0.1) is 12.1 Å². The number of halogens is 2. The molecular formula is C18H20F2N4OS. The number of fused-ring (bicyclic) bond motifs is 1. The van der Waals surface area contributed by atoms with Crippen LogP contribution in [-0.4, -0.2) is 34.1 Å². The molecule has 8 heteroatoms. The highest BCUT2D eigenvalue weighted by Crippen LogP contribution is 2.47. The van der Waals surface area contributed by atoms with Crippen LogP contribution < -0.4 is 5.73 Å². The summed E-state index contributed by atoms with van der Waals surface area (Å²) in [6.07, 6.45) is 4.87. The molecule has 2 aliphatic rings. The Bertz CT molecular complexity index is 833. The van der Waals surface area contributed by atoms with E-state index < -0.39 is 17.2 Å². The van der Waals surface area contributed by atoms with Crippen LogP contribution in [0.25, 0.3) is 11.1 Å². The van der Waals surface area contributed by atoms with Gasteiger partial charge in [-0.25, -0.2) is 18.7 Å². The standard InChI is InChI=1S/C17H16F2N4OS.CH4/c18-14-4-15(19)13(3-12(14)10-5-21-9-22-6-10)17-1-2-24-7-11(17)8-25-16(20)23-17;/h3-6,9,11H,1-2,7-8H2,(H2,20,23);1H4/t11-,17-;/m0./s1. The van der Waals surface area contributed by atoms with Gasteiger partial charge < -0.3 is 10.5 Å². The van der Waals surface area contributed by atoms with Crippen molar-refractivity contribution in [2.75, 3.05) is 19.0 Å². The van der Waals surface area contributed by atoms with E-state index in [4.69, 9.17) is 10.5 Å². The normalized spacial score (nSPS) is 25.0. The number of ether oxygens (including phenoxy) is 1. The average molecular weight is 378 g/mol. The van der Waals surface area contributed by atoms with Crippen molar-refractivity contribution in [2.24, 2.45) is 16.6 Å². The minimum Gasteiger partial charge on any atom is -0.381 e. The third kappa shape index (κ3) is 3.07. The molecule has 0 amide bonds. The summed E-state index contributed by atoms with van der Waals surface area (Å²) < 4.78 is 34.8. The first-order chi connectivity index (χ1) is 12.1. The van der Waals surface area contributed by atoms with Crippen LogP contribution in [0.2, 0.25) is 0 Å². The first-order valence-corrected chi connectivity index (χ1v) is 8.89. The zero-order chi connectivity index (χ0) is 17.4. The zero-order valence-electron chi connectivity index (χ0n) is 13.3. The molecule has 3 heterocycles. The number of hydrogen-bond acceptors (Lipinski definition) is 6. The van der Waals surface area contributed by atoms with Crippen LogP contribution in [0.5, 0.6) is 0 Å². The lowest BCUT2D eigenvalue weighted by Gasteiger charge is -2.44. The summed E-state index contributed by atoms with van der Waals surface area (Å²) in [6, 6.07) is 2.43. The third-order valence-electron chi connectivity index (χ3n) is 4.76. The van der Waals surface area contributed by atoms with Gasteiger partial charge in [0.25, 0.3) is 0 Å². The fourth-order valence-corrected chi connectivity index (χ4v) is 4.47. The van der Waals surface area contributed by atoms with E-state index in [1.807, 2.05) is 0 Å². The first kappa shape index (κ1) is 18.7. The smallest absolute Gasteiger partial charge is 0.154 e. The fraction of sp³-hybridized carbons (Fsp3) is 0.389. The van der Waals surface area contributed by atoms with Crippen molar-refractivity contribution in [3.05, 3.63) is 48.1 Å². The van der Waals surface area contributed by atoms with Gasteiger partial charge in [0.15, 0.2) is 5.17 Å². The highest BCUT2D eigenvalue weighted by molar-refractivity contribution is 8.13. The van der Waals surface area contributed by atoms with Gasteiger partial charge in [-0.1, -0.05) is 19.2 Å². The quantitative estimate of drug-likeness (QED) is 0.868. The van der Waals surface area contributed by atoms with Gasteiger partial charge in [0.2, 0.25) is 0 Å². The Morgan fingerprint density at radius 2 is 1.96 bits per heavy atom. The molecule has 2 atom stereocenters. The molecule has 0 bridgehead atoms. The Labute approximate surface area is 155 Å². The van der Waals surface area contributed by atoms with E-state index in [1.165, 1.54) is 36.5 Å². The second-order valence-electron chi connectivity index (χ2n) is 6.15. The molecule has 138 valence electrons. The number of nitrogens with zero attached hydrogens (tertiary/aromatic N) is 3. The monoisotopic (exact) mass is 378 g/mol. The Balaban J connectivity index is 0.00000196. The van der Waals surface area contributed by atoms with Gasteiger partial charge in [-0.2, -0.15) is 0 Å². The van der Waals surface area contributed by atoms with Gasteiger partial charge in [-0.15, -0.1) is 0 Å². The molecular weight excluding hydrogens is 358 g/mol. The zero-order valence-corrected chi connectivity index (χ0v) is 14.1. The molecule has 5 nitrogen and oxygen atoms in total. The van der Waals surface area contributed by atoms with E-state index >= 15 is 0 Å². The van der Waals surface area contributed by atoms with Crippen molar-refractivity contribution in [3.63, 3.8) is 0 Å². The summed E-state index contributed by atoms with van der Waals surface area (Å²) in [5.74, 6) is -0.597. The van der Waals surface area contributed by atoms with E-state index in [1.54, 1.807) is 0 Å². The largest absolute Gasteiger partial charge is 0.381 e. The maximum atomic E-state index is 14.8. The average Bonchev–Trinajstić information content (AvgIpc) is 2.62. The number of aliphatic imine (C=N–C) groups is 1. The van der Waals surface area contributed by atoms with E-state index in [0.29, 0.717) is 41.7 Å². The van der Waals surface area contributed by atoms with Crippen LogP contribution in [0, 0.1) is 17.6 Å². The highest BCUT2D eigenvalue weighted by Gasteiger charge is 2.47. The molecule has 4 rings (SSSR count). The van der Waals surface area contributed by atoms with Crippen molar-refractivity contribution in [2.45, 2.75) is 19.4 Å². The molecule has 26 heavy (non-hydrogen) atoms. The Morgan fingerprint density at radius 1 is 1.19 bits per heavy atom. The maximum absolute atomic E-state index is 14.8.